The molecule has 1 aliphatic carbocycles. The summed E-state index contributed by atoms with van der Waals surface area (Å²) in [6.07, 6.45) is 8.59. The summed E-state index contributed by atoms with van der Waals surface area (Å²) in [4.78, 5) is 19.0. The summed E-state index contributed by atoms with van der Waals surface area (Å²) >= 11 is 0. The van der Waals surface area contributed by atoms with Crippen molar-refractivity contribution in [1.82, 2.24) is 9.88 Å². The van der Waals surface area contributed by atoms with Gasteiger partial charge in [0.15, 0.2) is 0 Å². The minimum atomic E-state index is -0.453. The van der Waals surface area contributed by atoms with E-state index in [2.05, 4.69) is 53.4 Å². The number of benzene rings is 2. The summed E-state index contributed by atoms with van der Waals surface area (Å²) in [5, 5.41) is 1.12. The first kappa shape index (κ1) is 22.5. The van der Waals surface area contributed by atoms with E-state index in [1.54, 1.807) is 0 Å². The van der Waals surface area contributed by atoms with Gasteiger partial charge >= 0.3 is 0 Å². The van der Waals surface area contributed by atoms with Crippen LogP contribution in [-0.4, -0.2) is 34.5 Å². The van der Waals surface area contributed by atoms with Crippen LogP contribution >= 0.6 is 0 Å². The number of ether oxygens (including phenoxy) is 1. The number of amides is 1. The lowest BCUT2D eigenvalue weighted by molar-refractivity contribution is -0.114. The van der Waals surface area contributed by atoms with E-state index >= 15 is 0 Å². The summed E-state index contributed by atoms with van der Waals surface area (Å²) in [6.45, 7) is 3.46. The van der Waals surface area contributed by atoms with Crippen LogP contribution in [0.4, 0.5) is 0 Å². The molecule has 1 unspecified atom stereocenters. The highest BCUT2D eigenvalue weighted by molar-refractivity contribution is 5.95. The van der Waals surface area contributed by atoms with Crippen LogP contribution in [0.1, 0.15) is 30.5 Å². The van der Waals surface area contributed by atoms with Crippen molar-refractivity contribution in [2.75, 3.05) is 13.1 Å². The van der Waals surface area contributed by atoms with Gasteiger partial charge in [-0.15, -0.1) is 0 Å². The monoisotopic (exact) mass is 453 g/mol. The average molecular weight is 454 g/mol. The maximum atomic E-state index is 11.7. The van der Waals surface area contributed by atoms with E-state index in [1.165, 1.54) is 5.56 Å². The molecule has 1 atom stereocenters. The minimum absolute atomic E-state index is 0.363. The Hall–Kier alpha value is -3.28. The molecule has 2 aliphatic rings. The summed E-state index contributed by atoms with van der Waals surface area (Å²) < 4.78 is 6.66. The maximum Gasteiger partial charge on any atom is 0.248 e. The molecule has 0 bridgehead atoms. The normalized spacial score (nSPS) is 21.5. The maximum absolute atomic E-state index is 11.7. The summed E-state index contributed by atoms with van der Waals surface area (Å²) in [7, 11) is 0. The number of hydrogen-bond donors (Lipinski definition) is 1. The smallest absolute Gasteiger partial charge is 0.248 e. The molecular weight excluding hydrogens is 422 g/mol. The first-order chi connectivity index (χ1) is 16.6. The van der Waals surface area contributed by atoms with Gasteiger partial charge in [-0.25, -0.2) is 0 Å². The zero-order valence-electron chi connectivity index (χ0n) is 19.4. The number of primary amides is 1. The highest BCUT2D eigenvalue weighted by Gasteiger charge is 2.40. The Labute approximate surface area is 200 Å². The molecule has 174 valence electrons. The molecule has 1 amide bonds. The molecule has 34 heavy (non-hydrogen) atoms. The Morgan fingerprint density at radius 1 is 1.03 bits per heavy atom. The van der Waals surface area contributed by atoms with Crippen molar-refractivity contribution < 1.29 is 9.53 Å². The van der Waals surface area contributed by atoms with E-state index in [4.69, 9.17) is 15.5 Å². The van der Waals surface area contributed by atoms with Crippen molar-refractivity contribution in [1.29, 1.82) is 0 Å². The average Bonchev–Trinajstić information content (AvgIpc) is 2.88. The minimum Gasteiger partial charge on any atom is -0.366 e. The van der Waals surface area contributed by atoms with Crippen LogP contribution in [0.5, 0.6) is 0 Å². The molecule has 3 aromatic rings. The van der Waals surface area contributed by atoms with Gasteiger partial charge in [0.25, 0.3) is 0 Å². The van der Waals surface area contributed by atoms with Gasteiger partial charge in [0, 0.05) is 17.5 Å². The fourth-order valence-corrected chi connectivity index (χ4v) is 5.17. The molecule has 1 saturated heterocycles. The van der Waals surface area contributed by atoms with Crippen LogP contribution in [0.15, 0.2) is 90.5 Å². The molecule has 0 spiro atoms. The first-order valence-corrected chi connectivity index (χ1v) is 12.1. The SMILES string of the molecule is NC(=O)C1=CCC(OCc2ccc3ccccc3n2)(C2CCN(Cc3ccccc3)CC2)C=C1. The van der Waals surface area contributed by atoms with Gasteiger partial charge in [-0.05, 0) is 56.0 Å². The van der Waals surface area contributed by atoms with Crippen LogP contribution in [0, 0.1) is 5.92 Å². The zero-order chi connectivity index (χ0) is 23.4. The molecule has 0 radical (unpaired) electrons. The third kappa shape index (κ3) is 4.96. The van der Waals surface area contributed by atoms with Crippen LogP contribution in [-0.2, 0) is 22.7 Å². The molecular formula is C29H31N3O2. The van der Waals surface area contributed by atoms with Gasteiger partial charge in [0.1, 0.15) is 0 Å². The second kappa shape index (κ2) is 9.92. The van der Waals surface area contributed by atoms with Gasteiger partial charge in [-0.3, -0.25) is 14.7 Å². The van der Waals surface area contributed by atoms with E-state index in [1.807, 2.05) is 36.4 Å². The van der Waals surface area contributed by atoms with Crippen molar-refractivity contribution >= 4 is 16.8 Å². The molecule has 5 rings (SSSR count). The number of hydrogen-bond acceptors (Lipinski definition) is 4. The standard InChI is InChI=1S/C29H31N3O2/c30-28(33)24-12-16-29(17-13-24,34-21-26-11-10-23-8-4-5-9-27(23)31-26)25-14-18-32(19-15-25)20-22-6-2-1-3-7-22/h1-13,16,25H,14-15,17-21H2,(H2,30,33). The largest absolute Gasteiger partial charge is 0.366 e. The van der Waals surface area contributed by atoms with Crippen molar-refractivity contribution in [2.24, 2.45) is 11.7 Å². The quantitative estimate of drug-likeness (QED) is 0.559. The summed E-state index contributed by atoms with van der Waals surface area (Å²) in [5.74, 6) is -0.0272. The fourth-order valence-electron chi connectivity index (χ4n) is 5.17. The van der Waals surface area contributed by atoms with Gasteiger partial charge in [0.2, 0.25) is 5.91 Å². The van der Waals surface area contributed by atoms with Crippen molar-refractivity contribution in [3.05, 3.63) is 102 Å². The number of pyridine rings is 1. The lowest BCUT2D eigenvalue weighted by atomic mass is 9.75. The number of likely N-dealkylation sites (tertiary alicyclic amines) is 1. The Morgan fingerprint density at radius 2 is 1.79 bits per heavy atom. The van der Waals surface area contributed by atoms with Crippen molar-refractivity contribution in [3.63, 3.8) is 0 Å². The van der Waals surface area contributed by atoms with Crippen molar-refractivity contribution in [3.8, 4) is 0 Å². The molecule has 1 aromatic heterocycles. The molecule has 0 saturated carbocycles. The lowest BCUT2D eigenvalue weighted by Gasteiger charge is -2.43. The highest BCUT2D eigenvalue weighted by Crippen LogP contribution is 2.39. The molecule has 1 fully saturated rings. The molecule has 5 nitrogen and oxygen atoms in total. The molecule has 2 heterocycles. The second-order valence-corrected chi connectivity index (χ2v) is 9.34. The Morgan fingerprint density at radius 3 is 2.53 bits per heavy atom. The van der Waals surface area contributed by atoms with Gasteiger partial charge < -0.3 is 10.5 Å². The van der Waals surface area contributed by atoms with Gasteiger partial charge in [-0.2, -0.15) is 0 Å². The van der Waals surface area contributed by atoms with Crippen molar-refractivity contribution in [2.45, 2.75) is 38.0 Å². The number of carbonyl (C=O) groups is 1. The number of rotatable bonds is 7. The highest BCUT2D eigenvalue weighted by atomic mass is 16.5. The topological polar surface area (TPSA) is 68.5 Å². The molecule has 2 aromatic carbocycles. The van der Waals surface area contributed by atoms with E-state index in [9.17, 15) is 4.79 Å². The van der Waals surface area contributed by atoms with Crippen LogP contribution in [0.2, 0.25) is 0 Å². The predicted octanol–water partition coefficient (Wildman–Crippen LogP) is 4.77. The third-order valence-corrected chi connectivity index (χ3v) is 7.14. The Kier molecular flexibility index (Phi) is 6.57. The van der Waals surface area contributed by atoms with E-state index in [0.29, 0.717) is 24.5 Å². The fraction of sp³-hybridized carbons (Fsp3) is 0.310. The molecule has 2 N–H and O–H groups in total. The Bertz CT molecular complexity index is 1210. The summed E-state index contributed by atoms with van der Waals surface area (Å²) in [6, 6.07) is 22.9. The zero-order valence-corrected chi connectivity index (χ0v) is 19.4. The van der Waals surface area contributed by atoms with Crippen LogP contribution in [0.25, 0.3) is 10.9 Å². The van der Waals surface area contributed by atoms with Crippen LogP contribution in [0.3, 0.4) is 0 Å². The number of aromatic nitrogens is 1. The Balaban J connectivity index is 1.30. The number of carbonyl (C=O) groups excluding carboxylic acids is 1. The van der Waals surface area contributed by atoms with Gasteiger partial charge in [-0.1, -0.05) is 72.8 Å². The first-order valence-electron chi connectivity index (χ1n) is 12.1. The van der Waals surface area contributed by atoms with E-state index in [0.717, 1.165) is 49.1 Å². The molecule has 5 heteroatoms. The van der Waals surface area contributed by atoms with Gasteiger partial charge in [0.05, 0.1) is 23.4 Å². The molecule has 1 aliphatic heterocycles. The van der Waals surface area contributed by atoms with E-state index < -0.39 is 11.5 Å². The number of piperidine rings is 1. The number of fused-ring (bicyclic) bond motifs is 1. The number of nitrogens with zero attached hydrogens (tertiary/aromatic N) is 2. The predicted molar refractivity (Wildman–Crippen MR) is 135 cm³/mol. The van der Waals surface area contributed by atoms with Crippen LogP contribution < -0.4 is 5.73 Å². The summed E-state index contributed by atoms with van der Waals surface area (Å²) in [5.41, 5.74) is 8.87. The second-order valence-electron chi connectivity index (χ2n) is 9.34. The van der Waals surface area contributed by atoms with E-state index in [-0.39, 0.29) is 0 Å². The third-order valence-electron chi connectivity index (χ3n) is 7.14. The lowest BCUT2D eigenvalue weighted by Crippen LogP contribution is -2.46. The number of nitrogens with two attached hydrogens (primary N) is 1. The number of para-hydroxylation sites is 1.